The van der Waals surface area contributed by atoms with Gasteiger partial charge in [-0.15, -0.1) is 0 Å². The van der Waals surface area contributed by atoms with Crippen LogP contribution in [0.3, 0.4) is 0 Å². The van der Waals surface area contributed by atoms with Crippen molar-refractivity contribution in [1.82, 2.24) is 9.97 Å². The number of ether oxygens (including phenoxy) is 5. The minimum atomic E-state index is -7.92. The van der Waals surface area contributed by atoms with E-state index in [9.17, 15) is 65.9 Å². The van der Waals surface area contributed by atoms with Gasteiger partial charge in [0.15, 0.2) is 11.6 Å². The fraction of sp³-hybridized carbons (Fsp3) is 0.615. The molecule has 0 saturated carbocycles. The average molecular weight is 730 g/mol. The van der Waals surface area contributed by atoms with E-state index >= 15 is 0 Å². The molecule has 1 aromatic carbocycles. The van der Waals surface area contributed by atoms with Gasteiger partial charge in [-0.25, -0.2) is 19.4 Å². The van der Waals surface area contributed by atoms with Gasteiger partial charge < -0.3 is 14.2 Å². The number of halogens is 15. The number of aromatic nitrogens is 2. The van der Waals surface area contributed by atoms with Crippen LogP contribution in [0.5, 0.6) is 11.5 Å². The fourth-order valence-electron chi connectivity index (χ4n) is 3.25. The van der Waals surface area contributed by atoms with Crippen LogP contribution < -0.4 is 9.47 Å². The Hall–Kier alpha value is -3.27. The predicted octanol–water partition coefficient (Wildman–Crippen LogP) is 8.74. The molecule has 0 aliphatic rings. The highest BCUT2D eigenvalue weighted by Crippen LogP contribution is 2.56. The summed E-state index contributed by atoms with van der Waals surface area (Å²) in [6.07, 6.45) is -29.4. The van der Waals surface area contributed by atoms with E-state index in [4.69, 9.17) is 9.47 Å². The van der Waals surface area contributed by atoms with Crippen molar-refractivity contribution < 1.29 is 89.5 Å². The Morgan fingerprint density at radius 2 is 1.08 bits per heavy atom. The first-order valence-electron chi connectivity index (χ1n) is 13.4. The number of nitrogens with zero attached hydrogens (tertiary/aromatic N) is 2. The summed E-state index contributed by atoms with van der Waals surface area (Å²) in [4.78, 5) is 8.36. The molecule has 2 rings (SSSR count). The number of unbranched alkanes of at least 4 members (excludes halogenated alkanes) is 2. The average Bonchev–Trinajstić information content (AvgIpc) is 2.96. The second-order valence-electron chi connectivity index (χ2n) is 9.62. The van der Waals surface area contributed by atoms with Gasteiger partial charge in [0.25, 0.3) is 0 Å². The van der Waals surface area contributed by atoms with Gasteiger partial charge in [-0.2, -0.15) is 65.9 Å². The molecule has 0 atom stereocenters. The first-order valence-corrected chi connectivity index (χ1v) is 13.4. The minimum absolute atomic E-state index is 0.245. The van der Waals surface area contributed by atoms with Crippen molar-refractivity contribution >= 4 is 0 Å². The van der Waals surface area contributed by atoms with E-state index in [1.807, 2.05) is 6.92 Å². The topological polar surface area (TPSA) is 71.9 Å². The van der Waals surface area contributed by atoms with Crippen molar-refractivity contribution in [2.75, 3.05) is 26.4 Å². The van der Waals surface area contributed by atoms with Crippen molar-refractivity contribution in [1.29, 1.82) is 0 Å². The molecule has 0 fully saturated rings. The Kier molecular flexibility index (Phi) is 13.2. The highest BCUT2D eigenvalue weighted by molar-refractivity contribution is 5.56. The molecule has 22 heteroatoms. The Balaban J connectivity index is 1.83. The molecule has 0 aliphatic heterocycles. The summed E-state index contributed by atoms with van der Waals surface area (Å²) in [5, 5.41) is 0. The second kappa shape index (κ2) is 15.5. The van der Waals surface area contributed by atoms with Gasteiger partial charge in [-0.3, -0.25) is 0 Å². The molecule has 0 N–H and O–H groups in total. The predicted molar refractivity (Wildman–Crippen MR) is 131 cm³/mol. The van der Waals surface area contributed by atoms with Crippen LogP contribution in [-0.4, -0.2) is 78.9 Å². The summed E-state index contributed by atoms with van der Waals surface area (Å²) in [5.74, 6) is -14.6. The van der Waals surface area contributed by atoms with E-state index in [0.717, 1.165) is 19.3 Å². The zero-order valence-electron chi connectivity index (χ0n) is 24.2. The maximum atomic E-state index is 13.7. The largest absolute Gasteiger partial charge is 0.494 e. The lowest BCUT2D eigenvalue weighted by Crippen LogP contribution is -2.64. The van der Waals surface area contributed by atoms with E-state index in [2.05, 4.69) is 19.4 Å². The minimum Gasteiger partial charge on any atom is -0.494 e. The molecule has 0 unspecified atom stereocenters. The molecular weight excluding hydrogens is 705 g/mol. The van der Waals surface area contributed by atoms with Gasteiger partial charge in [0, 0.05) is 12.0 Å². The summed E-state index contributed by atoms with van der Waals surface area (Å²) in [6.45, 7) is -0.718. The van der Waals surface area contributed by atoms with E-state index in [1.54, 1.807) is 16.9 Å². The number of hydrogen-bond acceptors (Lipinski definition) is 7. The maximum absolute atomic E-state index is 13.7. The Bertz CT molecular complexity index is 1280. The van der Waals surface area contributed by atoms with Crippen LogP contribution in [0.15, 0.2) is 36.7 Å². The third kappa shape index (κ3) is 10.4. The van der Waals surface area contributed by atoms with Crippen molar-refractivity contribution in [2.45, 2.75) is 75.1 Å². The zero-order chi connectivity index (χ0) is 36.7. The molecule has 7 nitrogen and oxygen atoms in total. The smallest absolute Gasteiger partial charge is 0.460 e. The molecule has 0 aliphatic carbocycles. The monoisotopic (exact) mass is 730 g/mol. The van der Waals surface area contributed by atoms with Crippen LogP contribution in [0.25, 0.3) is 11.4 Å². The molecule has 0 bridgehead atoms. The van der Waals surface area contributed by atoms with Crippen LogP contribution in [0.1, 0.15) is 32.6 Å². The Morgan fingerprint density at radius 1 is 0.562 bits per heavy atom. The first-order chi connectivity index (χ1) is 21.9. The van der Waals surface area contributed by atoms with E-state index in [-0.39, 0.29) is 18.8 Å². The summed E-state index contributed by atoms with van der Waals surface area (Å²) < 4.78 is 215. The standard InChI is InChI=1S/C26H25F15N2O5/c1-2-3-4-11-46-18-13-42-19(43-14-18)16-6-8-17(9-7-16)45-12-5-10-44-15-20(27,28)47-25(38,39)26(40,41)48-24(36,37)22(31,32)21(29,30)23(33,34)35/h6-9,13-14H,2-5,10-12,15H2,1H3. The van der Waals surface area contributed by atoms with Crippen molar-refractivity contribution in [3.05, 3.63) is 36.7 Å². The van der Waals surface area contributed by atoms with Crippen LogP contribution in [0.4, 0.5) is 65.9 Å². The van der Waals surface area contributed by atoms with Crippen molar-refractivity contribution in [3.63, 3.8) is 0 Å². The first kappa shape index (κ1) is 40.9. The van der Waals surface area contributed by atoms with Crippen LogP contribution >= 0.6 is 0 Å². The highest BCUT2D eigenvalue weighted by Gasteiger charge is 2.85. The van der Waals surface area contributed by atoms with E-state index in [1.165, 1.54) is 24.5 Å². The molecule has 1 heterocycles. The Morgan fingerprint density at radius 3 is 1.62 bits per heavy atom. The lowest BCUT2D eigenvalue weighted by atomic mass is 10.1. The lowest BCUT2D eigenvalue weighted by molar-refractivity contribution is -0.543. The molecule has 0 amide bonds. The third-order valence-corrected chi connectivity index (χ3v) is 5.72. The van der Waals surface area contributed by atoms with Crippen LogP contribution in [0.2, 0.25) is 0 Å². The van der Waals surface area contributed by atoms with Crippen molar-refractivity contribution in [3.8, 4) is 22.9 Å². The molecule has 1 aromatic heterocycles. The van der Waals surface area contributed by atoms with Crippen molar-refractivity contribution in [2.24, 2.45) is 0 Å². The third-order valence-electron chi connectivity index (χ3n) is 5.72. The number of rotatable bonds is 20. The second-order valence-corrected chi connectivity index (χ2v) is 9.62. The summed E-state index contributed by atoms with van der Waals surface area (Å²) in [7, 11) is 0. The molecule has 48 heavy (non-hydrogen) atoms. The SMILES string of the molecule is CCCCCOc1cnc(-c2ccc(OCCCOCC(F)(F)OC(F)(F)C(F)(F)OC(F)(F)C(F)(F)C(F)(F)C(F)(F)F)cc2)nc1. The van der Waals surface area contributed by atoms with E-state index in [0.29, 0.717) is 23.7 Å². The quantitative estimate of drug-likeness (QED) is 0.0997. The van der Waals surface area contributed by atoms with E-state index < -0.39 is 55.7 Å². The van der Waals surface area contributed by atoms with Crippen LogP contribution in [-0.2, 0) is 14.2 Å². The van der Waals surface area contributed by atoms with Gasteiger partial charge in [0.05, 0.1) is 32.2 Å². The lowest BCUT2D eigenvalue weighted by Gasteiger charge is -2.36. The molecule has 0 saturated heterocycles. The van der Waals surface area contributed by atoms with Gasteiger partial charge in [-0.05, 0) is 30.7 Å². The van der Waals surface area contributed by atoms with Crippen LogP contribution in [0, 0.1) is 0 Å². The van der Waals surface area contributed by atoms with Gasteiger partial charge in [-0.1, -0.05) is 19.8 Å². The molecule has 2 aromatic rings. The normalized spacial score (nSPS) is 13.9. The fourth-order valence-corrected chi connectivity index (χ4v) is 3.25. The number of benzene rings is 1. The molecule has 0 radical (unpaired) electrons. The molecule has 274 valence electrons. The van der Waals surface area contributed by atoms with Gasteiger partial charge in [0.2, 0.25) is 0 Å². The Labute approximate surface area is 261 Å². The summed E-state index contributed by atoms with van der Waals surface area (Å²) in [6, 6.07) is 6.09. The number of hydrogen-bond donors (Lipinski definition) is 0. The maximum Gasteiger partial charge on any atom is 0.460 e. The summed E-state index contributed by atoms with van der Waals surface area (Å²) >= 11 is 0. The molecule has 0 spiro atoms. The summed E-state index contributed by atoms with van der Waals surface area (Å²) in [5.41, 5.74) is 0.579. The van der Waals surface area contributed by atoms with Gasteiger partial charge in [0.1, 0.15) is 12.4 Å². The highest BCUT2D eigenvalue weighted by atomic mass is 19.4. The number of alkyl halides is 15. The molecular formula is C26H25F15N2O5. The van der Waals surface area contributed by atoms with Gasteiger partial charge >= 0.3 is 42.5 Å². The zero-order valence-corrected chi connectivity index (χ0v) is 24.2.